The Labute approximate surface area is 112 Å². The van der Waals surface area contributed by atoms with Gasteiger partial charge in [0, 0.05) is 24.0 Å². The first-order valence-corrected chi connectivity index (χ1v) is 6.39. The van der Waals surface area contributed by atoms with E-state index >= 15 is 0 Å². The van der Waals surface area contributed by atoms with E-state index in [4.69, 9.17) is 5.73 Å². The van der Waals surface area contributed by atoms with Crippen molar-refractivity contribution in [3.63, 3.8) is 0 Å². The van der Waals surface area contributed by atoms with Crippen molar-refractivity contribution in [1.29, 1.82) is 0 Å². The zero-order valence-electron chi connectivity index (χ0n) is 11.5. The van der Waals surface area contributed by atoms with E-state index in [9.17, 15) is 4.79 Å². The number of nitrogens with one attached hydrogen (secondary N) is 1. The van der Waals surface area contributed by atoms with E-state index in [1.54, 1.807) is 10.7 Å². The van der Waals surface area contributed by atoms with Crippen LogP contribution >= 0.6 is 0 Å². The number of nitrogens with zero attached hydrogens (tertiary/aromatic N) is 3. The number of aromatic nitrogens is 3. The van der Waals surface area contributed by atoms with E-state index in [0.717, 1.165) is 17.8 Å². The van der Waals surface area contributed by atoms with E-state index in [0.29, 0.717) is 17.8 Å². The molecular weight excluding hydrogens is 242 g/mol. The Morgan fingerprint density at radius 3 is 2.89 bits per heavy atom. The van der Waals surface area contributed by atoms with Gasteiger partial charge in [0.25, 0.3) is 5.91 Å². The Bertz CT molecular complexity index is 600. The number of hydrogen-bond acceptors (Lipinski definition) is 4. The summed E-state index contributed by atoms with van der Waals surface area (Å²) in [6, 6.07) is 1.91. The summed E-state index contributed by atoms with van der Waals surface area (Å²) in [4.78, 5) is 16.6. The molecule has 0 saturated heterocycles. The van der Waals surface area contributed by atoms with Gasteiger partial charge in [0.15, 0.2) is 5.65 Å². The lowest BCUT2D eigenvalue weighted by Gasteiger charge is -2.13. The lowest BCUT2D eigenvalue weighted by Crippen LogP contribution is -2.39. The van der Waals surface area contributed by atoms with Crippen molar-refractivity contribution in [1.82, 2.24) is 19.9 Å². The first kappa shape index (κ1) is 13.5. The summed E-state index contributed by atoms with van der Waals surface area (Å²) >= 11 is 0. The molecule has 2 rings (SSSR count). The summed E-state index contributed by atoms with van der Waals surface area (Å²) in [5.74, 6) is -0.176. The maximum Gasteiger partial charge on any atom is 0.257 e. The summed E-state index contributed by atoms with van der Waals surface area (Å²) in [6.45, 7) is 6.24. The molecule has 0 aliphatic carbocycles. The highest BCUT2D eigenvalue weighted by atomic mass is 16.1. The van der Waals surface area contributed by atoms with Gasteiger partial charge in [-0.05, 0) is 26.3 Å². The third kappa shape index (κ3) is 2.58. The van der Waals surface area contributed by atoms with E-state index in [-0.39, 0.29) is 11.9 Å². The fourth-order valence-corrected chi connectivity index (χ4v) is 2.02. The van der Waals surface area contributed by atoms with Crippen molar-refractivity contribution in [3.05, 3.63) is 29.2 Å². The Morgan fingerprint density at radius 1 is 1.53 bits per heavy atom. The van der Waals surface area contributed by atoms with Crippen LogP contribution in [0.2, 0.25) is 0 Å². The molecule has 0 spiro atoms. The predicted octanol–water partition coefficient (Wildman–Crippen LogP) is 0.813. The molecule has 0 fully saturated rings. The zero-order chi connectivity index (χ0) is 14.0. The van der Waals surface area contributed by atoms with Crippen LogP contribution in [0.5, 0.6) is 0 Å². The number of fused-ring (bicyclic) bond motifs is 1. The Hall–Kier alpha value is -1.95. The monoisotopic (exact) mass is 261 g/mol. The van der Waals surface area contributed by atoms with Gasteiger partial charge in [0.2, 0.25) is 0 Å². The van der Waals surface area contributed by atoms with Crippen molar-refractivity contribution < 1.29 is 4.79 Å². The van der Waals surface area contributed by atoms with E-state index in [1.165, 1.54) is 0 Å². The highest BCUT2D eigenvalue weighted by Crippen LogP contribution is 2.12. The molecule has 0 aliphatic heterocycles. The minimum Gasteiger partial charge on any atom is -0.348 e. The maximum absolute atomic E-state index is 12.2. The number of carbonyl (C=O) groups is 1. The topological polar surface area (TPSA) is 85.3 Å². The second-order valence-electron chi connectivity index (χ2n) is 4.65. The molecule has 19 heavy (non-hydrogen) atoms. The van der Waals surface area contributed by atoms with Gasteiger partial charge in [-0.15, -0.1) is 0 Å². The molecule has 2 aromatic rings. The minimum atomic E-state index is -0.176. The number of hydrogen-bond donors (Lipinski definition) is 2. The molecule has 0 aromatic carbocycles. The van der Waals surface area contributed by atoms with Gasteiger partial charge in [0.05, 0.1) is 6.20 Å². The molecule has 1 atom stereocenters. The molecule has 0 bridgehead atoms. The Balaban J connectivity index is 2.38. The van der Waals surface area contributed by atoms with Gasteiger partial charge >= 0.3 is 0 Å². The van der Waals surface area contributed by atoms with E-state index < -0.39 is 0 Å². The SMILES string of the molecule is CCC(CN)NC(=O)c1cnn2c(C)cc(C)nc12. The highest BCUT2D eigenvalue weighted by Gasteiger charge is 2.17. The molecule has 1 unspecified atom stereocenters. The fourth-order valence-electron chi connectivity index (χ4n) is 2.02. The summed E-state index contributed by atoms with van der Waals surface area (Å²) in [5.41, 5.74) is 8.48. The van der Waals surface area contributed by atoms with Crippen LogP contribution in [0.1, 0.15) is 35.1 Å². The van der Waals surface area contributed by atoms with Crippen LogP contribution in [0, 0.1) is 13.8 Å². The molecule has 102 valence electrons. The van der Waals surface area contributed by atoms with Crippen LogP contribution in [-0.4, -0.2) is 33.1 Å². The van der Waals surface area contributed by atoms with Crippen molar-refractivity contribution >= 4 is 11.6 Å². The van der Waals surface area contributed by atoms with E-state index in [1.807, 2.05) is 26.8 Å². The first-order chi connectivity index (χ1) is 9.06. The quantitative estimate of drug-likeness (QED) is 0.853. The Kier molecular flexibility index (Phi) is 3.80. The third-order valence-corrected chi connectivity index (χ3v) is 3.14. The molecule has 6 heteroatoms. The van der Waals surface area contributed by atoms with Gasteiger partial charge < -0.3 is 11.1 Å². The van der Waals surface area contributed by atoms with Crippen LogP contribution in [-0.2, 0) is 0 Å². The highest BCUT2D eigenvalue weighted by molar-refractivity contribution is 5.99. The number of rotatable bonds is 4. The molecule has 1 amide bonds. The summed E-state index contributed by atoms with van der Waals surface area (Å²) in [5, 5.41) is 7.09. The first-order valence-electron chi connectivity index (χ1n) is 6.39. The normalized spacial score (nSPS) is 12.6. The second kappa shape index (κ2) is 5.36. The van der Waals surface area contributed by atoms with Crippen LogP contribution in [0.25, 0.3) is 5.65 Å². The van der Waals surface area contributed by atoms with Crippen molar-refractivity contribution in [3.8, 4) is 0 Å². The third-order valence-electron chi connectivity index (χ3n) is 3.14. The minimum absolute atomic E-state index is 0.0200. The lowest BCUT2D eigenvalue weighted by atomic mass is 10.2. The molecule has 0 aliphatic rings. The largest absolute Gasteiger partial charge is 0.348 e. The van der Waals surface area contributed by atoms with Crippen LogP contribution in [0.15, 0.2) is 12.3 Å². The van der Waals surface area contributed by atoms with Crippen molar-refractivity contribution in [2.75, 3.05) is 6.54 Å². The summed E-state index contributed by atoms with van der Waals surface area (Å²) < 4.78 is 1.67. The smallest absolute Gasteiger partial charge is 0.257 e. The van der Waals surface area contributed by atoms with Gasteiger partial charge in [0.1, 0.15) is 5.56 Å². The van der Waals surface area contributed by atoms with Gasteiger partial charge in [-0.3, -0.25) is 4.79 Å². The molecular formula is C13H19N5O. The van der Waals surface area contributed by atoms with Gasteiger partial charge in [-0.1, -0.05) is 6.92 Å². The molecule has 0 radical (unpaired) electrons. The number of carbonyl (C=O) groups excluding carboxylic acids is 1. The second-order valence-corrected chi connectivity index (χ2v) is 4.65. The predicted molar refractivity (Wildman–Crippen MR) is 73.1 cm³/mol. The average molecular weight is 261 g/mol. The van der Waals surface area contributed by atoms with Crippen LogP contribution in [0.4, 0.5) is 0 Å². The zero-order valence-corrected chi connectivity index (χ0v) is 11.5. The van der Waals surface area contributed by atoms with E-state index in [2.05, 4.69) is 15.4 Å². The Morgan fingerprint density at radius 2 is 2.26 bits per heavy atom. The van der Waals surface area contributed by atoms with Crippen molar-refractivity contribution in [2.45, 2.75) is 33.2 Å². The molecule has 6 nitrogen and oxygen atoms in total. The lowest BCUT2D eigenvalue weighted by molar-refractivity contribution is 0.0938. The molecule has 0 saturated carbocycles. The number of aryl methyl sites for hydroxylation is 2. The fraction of sp³-hybridized carbons (Fsp3) is 0.462. The molecule has 2 aromatic heterocycles. The van der Waals surface area contributed by atoms with Crippen LogP contribution in [0.3, 0.4) is 0 Å². The summed E-state index contributed by atoms with van der Waals surface area (Å²) in [7, 11) is 0. The summed E-state index contributed by atoms with van der Waals surface area (Å²) in [6.07, 6.45) is 2.35. The molecule has 2 heterocycles. The van der Waals surface area contributed by atoms with Crippen molar-refractivity contribution in [2.24, 2.45) is 5.73 Å². The van der Waals surface area contributed by atoms with Gasteiger partial charge in [-0.2, -0.15) is 5.10 Å². The number of nitrogens with two attached hydrogens (primary N) is 1. The standard InChI is InChI=1S/C13H19N5O/c1-4-10(6-14)17-13(19)11-7-15-18-9(3)5-8(2)16-12(11)18/h5,7,10H,4,6,14H2,1-3H3,(H,17,19). The van der Waals surface area contributed by atoms with Crippen LogP contribution < -0.4 is 11.1 Å². The van der Waals surface area contributed by atoms with Gasteiger partial charge in [-0.25, -0.2) is 9.50 Å². The average Bonchev–Trinajstić information content (AvgIpc) is 2.79. The number of amides is 1. The maximum atomic E-state index is 12.2. The molecule has 3 N–H and O–H groups in total.